The SMILES string of the molecule is O=C([O-])C[C@@H]1CC[C@@H](C(=O)[O-])[NH2+]1. The van der Waals surface area contributed by atoms with Gasteiger partial charge >= 0.3 is 0 Å². The summed E-state index contributed by atoms with van der Waals surface area (Å²) in [6, 6.07) is -0.729. The van der Waals surface area contributed by atoms with Crippen LogP contribution < -0.4 is 15.5 Å². The molecule has 0 aliphatic carbocycles. The van der Waals surface area contributed by atoms with Crippen molar-refractivity contribution in [3.8, 4) is 0 Å². The Morgan fingerprint density at radius 2 is 2.00 bits per heavy atom. The van der Waals surface area contributed by atoms with E-state index in [1.807, 2.05) is 0 Å². The summed E-state index contributed by atoms with van der Waals surface area (Å²) in [7, 11) is 0. The average molecular weight is 172 g/mol. The van der Waals surface area contributed by atoms with Crippen molar-refractivity contribution in [3.05, 3.63) is 0 Å². The minimum Gasteiger partial charge on any atom is -0.550 e. The normalized spacial score (nSPS) is 28.7. The number of aliphatic carboxylic acids is 2. The van der Waals surface area contributed by atoms with Gasteiger partial charge in [-0.3, -0.25) is 0 Å². The lowest BCUT2D eigenvalue weighted by atomic mass is 10.1. The van der Waals surface area contributed by atoms with Gasteiger partial charge in [0, 0.05) is 25.2 Å². The van der Waals surface area contributed by atoms with E-state index in [4.69, 9.17) is 0 Å². The molecule has 0 bridgehead atoms. The van der Waals surface area contributed by atoms with Crippen LogP contribution in [-0.2, 0) is 9.59 Å². The molecule has 0 unspecified atom stereocenters. The van der Waals surface area contributed by atoms with Crippen molar-refractivity contribution >= 4 is 11.9 Å². The Morgan fingerprint density at radius 3 is 2.42 bits per heavy atom. The van der Waals surface area contributed by atoms with Crippen LogP contribution in [0.25, 0.3) is 0 Å². The molecule has 0 aromatic carbocycles. The van der Waals surface area contributed by atoms with Gasteiger partial charge in [-0.2, -0.15) is 0 Å². The van der Waals surface area contributed by atoms with E-state index in [1.165, 1.54) is 5.32 Å². The van der Waals surface area contributed by atoms with Gasteiger partial charge in [-0.15, -0.1) is 0 Å². The fraction of sp³-hybridized carbons (Fsp3) is 0.714. The maximum absolute atomic E-state index is 10.3. The van der Waals surface area contributed by atoms with E-state index in [-0.39, 0.29) is 12.5 Å². The van der Waals surface area contributed by atoms with Crippen molar-refractivity contribution in [2.24, 2.45) is 0 Å². The maximum Gasteiger partial charge on any atom is 0.126 e. The zero-order chi connectivity index (χ0) is 9.14. The fourth-order valence-corrected chi connectivity index (χ4v) is 1.50. The van der Waals surface area contributed by atoms with Crippen LogP contribution in [0.3, 0.4) is 0 Å². The van der Waals surface area contributed by atoms with E-state index in [0.717, 1.165) is 0 Å². The molecule has 1 rings (SSSR count). The first kappa shape index (κ1) is 8.99. The Kier molecular flexibility index (Phi) is 2.65. The van der Waals surface area contributed by atoms with Gasteiger partial charge in [-0.05, 0) is 0 Å². The third-order valence-corrected chi connectivity index (χ3v) is 2.08. The average Bonchev–Trinajstić information content (AvgIpc) is 2.34. The van der Waals surface area contributed by atoms with Gasteiger partial charge in [0.2, 0.25) is 0 Å². The van der Waals surface area contributed by atoms with Gasteiger partial charge in [0.15, 0.2) is 0 Å². The number of nitrogens with two attached hydrogens (primary N) is 1. The van der Waals surface area contributed by atoms with Crippen LogP contribution in [0.15, 0.2) is 0 Å². The molecule has 0 saturated carbocycles. The number of hydrogen-bond donors (Lipinski definition) is 1. The molecular formula is C7H10NO4-. The van der Waals surface area contributed by atoms with Gasteiger partial charge in [0.25, 0.3) is 0 Å². The molecule has 1 saturated heterocycles. The highest BCUT2D eigenvalue weighted by Gasteiger charge is 2.28. The number of rotatable bonds is 3. The van der Waals surface area contributed by atoms with E-state index in [2.05, 4.69) is 0 Å². The molecule has 12 heavy (non-hydrogen) atoms. The molecule has 5 heteroatoms. The topological polar surface area (TPSA) is 96.9 Å². The van der Waals surface area contributed by atoms with Gasteiger partial charge in [0.1, 0.15) is 6.04 Å². The molecule has 0 radical (unpaired) electrons. The van der Waals surface area contributed by atoms with Gasteiger partial charge in [0.05, 0.1) is 12.0 Å². The summed E-state index contributed by atoms with van der Waals surface area (Å²) in [5, 5.41) is 22.0. The van der Waals surface area contributed by atoms with Gasteiger partial charge in [-0.1, -0.05) is 0 Å². The summed E-state index contributed by atoms with van der Waals surface area (Å²) in [4.78, 5) is 20.5. The summed E-state index contributed by atoms with van der Waals surface area (Å²) < 4.78 is 0. The van der Waals surface area contributed by atoms with Crippen molar-refractivity contribution in [1.82, 2.24) is 0 Å². The first-order valence-corrected chi connectivity index (χ1v) is 3.85. The molecule has 0 amide bonds. The Labute approximate surface area is 69.4 Å². The monoisotopic (exact) mass is 172 g/mol. The van der Waals surface area contributed by atoms with E-state index >= 15 is 0 Å². The molecule has 1 aliphatic heterocycles. The number of hydrogen-bond acceptors (Lipinski definition) is 4. The van der Waals surface area contributed by atoms with Crippen LogP contribution in [0.4, 0.5) is 0 Å². The number of carboxylic acids is 2. The highest BCUT2D eigenvalue weighted by molar-refractivity contribution is 5.70. The van der Waals surface area contributed by atoms with Crippen molar-refractivity contribution < 1.29 is 25.1 Å². The smallest absolute Gasteiger partial charge is 0.126 e. The van der Waals surface area contributed by atoms with Crippen LogP contribution in [0.2, 0.25) is 0 Å². The summed E-state index contributed by atoms with van der Waals surface area (Å²) in [5.74, 6) is -2.24. The minimum atomic E-state index is -1.13. The summed E-state index contributed by atoms with van der Waals surface area (Å²) in [5.41, 5.74) is 0. The number of carbonyl (C=O) groups is 2. The Bertz CT molecular complexity index is 204. The molecule has 0 spiro atoms. The van der Waals surface area contributed by atoms with E-state index in [1.54, 1.807) is 0 Å². The van der Waals surface area contributed by atoms with Crippen LogP contribution in [-0.4, -0.2) is 24.0 Å². The molecule has 68 valence electrons. The predicted octanol–water partition coefficient (Wildman–Crippen LogP) is -4.03. The predicted molar refractivity (Wildman–Crippen MR) is 33.4 cm³/mol. The first-order valence-electron chi connectivity index (χ1n) is 3.85. The molecule has 2 N–H and O–H groups in total. The molecule has 1 fully saturated rings. The summed E-state index contributed by atoms with van der Waals surface area (Å²) in [6.07, 6.45) is 1.01. The molecule has 5 nitrogen and oxygen atoms in total. The summed E-state index contributed by atoms with van der Waals surface area (Å²) in [6.45, 7) is 0. The van der Waals surface area contributed by atoms with Gasteiger partial charge in [-0.25, -0.2) is 0 Å². The molecule has 0 aromatic heterocycles. The lowest BCUT2D eigenvalue weighted by Gasteiger charge is -2.11. The molecule has 1 heterocycles. The fourth-order valence-electron chi connectivity index (χ4n) is 1.50. The highest BCUT2D eigenvalue weighted by atomic mass is 16.4. The molecule has 2 atom stereocenters. The minimum absolute atomic E-state index is 0.0796. The number of quaternary nitrogens is 1. The van der Waals surface area contributed by atoms with Crippen molar-refractivity contribution in [2.45, 2.75) is 31.3 Å². The molecule has 1 aliphatic rings. The van der Waals surface area contributed by atoms with Gasteiger partial charge < -0.3 is 25.1 Å². The Morgan fingerprint density at radius 1 is 1.33 bits per heavy atom. The molecule has 0 aromatic rings. The van der Waals surface area contributed by atoms with Crippen molar-refractivity contribution in [1.29, 1.82) is 0 Å². The zero-order valence-corrected chi connectivity index (χ0v) is 6.49. The van der Waals surface area contributed by atoms with E-state index < -0.39 is 18.0 Å². The maximum atomic E-state index is 10.3. The number of carbonyl (C=O) groups excluding carboxylic acids is 2. The largest absolute Gasteiger partial charge is 0.550 e. The lowest BCUT2D eigenvalue weighted by molar-refractivity contribution is -0.695. The highest BCUT2D eigenvalue weighted by Crippen LogP contribution is 2.06. The van der Waals surface area contributed by atoms with E-state index in [9.17, 15) is 19.8 Å². The number of carboxylic acid groups (broad SMARTS) is 2. The second kappa shape index (κ2) is 3.53. The zero-order valence-electron chi connectivity index (χ0n) is 6.49. The third kappa shape index (κ3) is 2.20. The second-order valence-electron chi connectivity index (χ2n) is 3.03. The van der Waals surface area contributed by atoms with Crippen LogP contribution in [0.1, 0.15) is 19.3 Å². The standard InChI is InChI=1S/C7H11NO4/c9-6(10)3-4-1-2-5(8-4)7(11)12/h4-5,8H,1-3H2,(H,9,10)(H,11,12)/p-1/t4-,5-/m0/s1. The second-order valence-corrected chi connectivity index (χ2v) is 3.03. The Balaban J connectivity index is 2.35. The quantitative estimate of drug-likeness (QED) is 0.468. The van der Waals surface area contributed by atoms with Crippen molar-refractivity contribution in [2.75, 3.05) is 0 Å². The first-order chi connectivity index (χ1) is 5.59. The van der Waals surface area contributed by atoms with Crippen LogP contribution in [0.5, 0.6) is 0 Å². The third-order valence-electron chi connectivity index (χ3n) is 2.08. The van der Waals surface area contributed by atoms with Crippen molar-refractivity contribution in [3.63, 3.8) is 0 Å². The molecular weight excluding hydrogens is 162 g/mol. The Hall–Kier alpha value is -1.10. The van der Waals surface area contributed by atoms with Crippen LogP contribution >= 0.6 is 0 Å². The summed E-state index contributed by atoms with van der Waals surface area (Å²) >= 11 is 0. The van der Waals surface area contributed by atoms with E-state index in [0.29, 0.717) is 12.8 Å². The van der Waals surface area contributed by atoms with Crippen LogP contribution in [0, 0.1) is 0 Å². The lowest BCUT2D eigenvalue weighted by Crippen LogP contribution is -2.94.